The molecule has 0 radical (unpaired) electrons. The third-order valence-electron chi connectivity index (χ3n) is 4.45. The third kappa shape index (κ3) is 3.71. The number of sulfonamides is 1. The highest BCUT2D eigenvalue weighted by molar-refractivity contribution is 7.89. The number of nitrogens with zero attached hydrogens (tertiary/aromatic N) is 2. The van der Waals surface area contributed by atoms with E-state index in [-0.39, 0.29) is 19.2 Å². The van der Waals surface area contributed by atoms with E-state index in [9.17, 15) is 22.3 Å². The van der Waals surface area contributed by atoms with E-state index in [1.54, 1.807) is 0 Å². The minimum atomic E-state index is -3.96. The van der Waals surface area contributed by atoms with Crippen LogP contribution < -0.4 is 0 Å². The van der Waals surface area contributed by atoms with Gasteiger partial charge in [-0.25, -0.2) is 17.2 Å². The molecule has 1 atom stereocenters. The molecule has 8 heteroatoms. The van der Waals surface area contributed by atoms with Crippen LogP contribution in [0.2, 0.25) is 0 Å². The smallest absolute Gasteiger partial charge is 0.246 e. The van der Waals surface area contributed by atoms with Crippen LogP contribution in [0.1, 0.15) is 12.8 Å². The molecule has 1 heterocycles. The largest absolute Gasteiger partial charge is 0.392 e. The minimum absolute atomic E-state index is 0.233. The molecule has 128 valence electrons. The molecule has 1 aliphatic carbocycles. The Labute approximate surface area is 134 Å². The summed E-state index contributed by atoms with van der Waals surface area (Å²) in [5.41, 5.74) is 0. The van der Waals surface area contributed by atoms with Gasteiger partial charge in [-0.1, -0.05) is 0 Å². The van der Waals surface area contributed by atoms with E-state index in [0.717, 1.165) is 25.0 Å². The molecule has 1 aromatic rings. The van der Waals surface area contributed by atoms with Crippen molar-refractivity contribution in [1.82, 2.24) is 9.21 Å². The summed E-state index contributed by atoms with van der Waals surface area (Å²) in [4.78, 5) is 1.53. The third-order valence-corrected chi connectivity index (χ3v) is 6.39. The SMILES string of the molecule is O=S(=O)(c1ccc(F)cc1F)N1CCN(C[C@@H](O)C2CC2)CC1. The fraction of sp³-hybridized carbons (Fsp3) is 0.600. The van der Waals surface area contributed by atoms with Crippen LogP contribution in [0.4, 0.5) is 8.78 Å². The van der Waals surface area contributed by atoms with E-state index < -0.39 is 26.6 Å². The van der Waals surface area contributed by atoms with E-state index in [4.69, 9.17) is 0 Å². The average molecular weight is 346 g/mol. The fourth-order valence-corrected chi connectivity index (χ4v) is 4.34. The summed E-state index contributed by atoms with van der Waals surface area (Å²) in [6.45, 7) is 1.99. The van der Waals surface area contributed by atoms with Crippen molar-refractivity contribution in [3.8, 4) is 0 Å². The van der Waals surface area contributed by atoms with Gasteiger partial charge in [-0.05, 0) is 30.9 Å². The minimum Gasteiger partial charge on any atom is -0.392 e. The van der Waals surface area contributed by atoms with Crippen molar-refractivity contribution in [3.63, 3.8) is 0 Å². The van der Waals surface area contributed by atoms with Crippen LogP contribution in [0.15, 0.2) is 23.1 Å². The van der Waals surface area contributed by atoms with Gasteiger partial charge in [-0.2, -0.15) is 4.31 Å². The number of aliphatic hydroxyl groups excluding tert-OH is 1. The summed E-state index contributed by atoms with van der Waals surface area (Å²) in [5.74, 6) is -1.50. The van der Waals surface area contributed by atoms with Crippen molar-refractivity contribution in [2.75, 3.05) is 32.7 Å². The maximum Gasteiger partial charge on any atom is 0.246 e. The zero-order valence-corrected chi connectivity index (χ0v) is 13.5. The van der Waals surface area contributed by atoms with Gasteiger partial charge in [0.2, 0.25) is 10.0 Å². The number of benzene rings is 1. The van der Waals surface area contributed by atoms with Gasteiger partial charge in [0.25, 0.3) is 0 Å². The van der Waals surface area contributed by atoms with Gasteiger partial charge in [-0.3, -0.25) is 4.90 Å². The van der Waals surface area contributed by atoms with Crippen LogP contribution in [-0.2, 0) is 10.0 Å². The van der Waals surface area contributed by atoms with E-state index in [0.29, 0.717) is 31.6 Å². The highest BCUT2D eigenvalue weighted by Crippen LogP contribution is 2.33. The van der Waals surface area contributed by atoms with Crippen LogP contribution in [0.25, 0.3) is 0 Å². The van der Waals surface area contributed by atoms with Crippen LogP contribution in [0, 0.1) is 17.6 Å². The Morgan fingerprint density at radius 1 is 1.17 bits per heavy atom. The zero-order valence-electron chi connectivity index (χ0n) is 12.7. The van der Waals surface area contributed by atoms with Gasteiger partial charge in [0, 0.05) is 38.8 Å². The van der Waals surface area contributed by atoms with Crippen LogP contribution in [0.5, 0.6) is 0 Å². The number of hydrogen-bond donors (Lipinski definition) is 1. The molecular weight excluding hydrogens is 326 g/mol. The number of β-amino-alcohol motifs (C(OH)–C–C–N with tert-alkyl or cyclic N) is 1. The highest BCUT2D eigenvalue weighted by atomic mass is 32.2. The molecule has 23 heavy (non-hydrogen) atoms. The molecule has 2 fully saturated rings. The van der Waals surface area contributed by atoms with Gasteiger partial charge in [0.05, 0.1) is 6.10 Å². The Kier molecular flexibility index (Phi) is 4.68. The summed E-state index contributed by atoms with van der Waals surface area (Å²) in [7, 11) is -3.96. The van der Waals surface area contributed by atoms with E-state index in [2.05, 4.69) is 0 Å². The lowest BCUT2D eigenvalue weighted by Gasteiger charge is -2.35. The zero-order chi connectivity index (χ0) is 16.6. The average Bonchev–Trinajstić information content (AvgIpc) is 3.32. The van der Waals surface area contributed by atoms with Crippen LogP contribution >= 0.6 is 0 Å². The first-order valence-corrected chi connectivity index (χ1v) is 9.17. The molecule has 3 rings (SSSR count). The van der Waals surface area contributed by atoms with Crippen LogP contribution in [-0.4, -0.2) is 61.6 Å². The normalized spacial score (nSPS) is 22.2. The first kappa shape index (κ1) is 16.8. The van der Waals surface area contributed by atoms with E-state index in [1.165, 1.54) is 4.31 Å². The van der Waals surface area contributed by atoms with Crippen molar-refractivity contribution < 1.29 is 22.3 Å². The summed E-state index contributed by atoms with van der Waals surface area (Å²) >= 11 is 0. The summed E-state index contributed by atoms with van der Waals surface area (Å²) < 4.78 is 52.8. The molecule has 0 aromatic heterocycles. The van der Waals surface area contributed by atoms with Gasteiger partial charge in [0.1, 0.15) is 16.5 Å². The van der Waals surface area contributed by atoms with Gasteiger partial charge < -0.3 is 5.11 Å². The predicted molar refractivity (Wildman–Crippen MR) is 80.3 cm³/mol. The Bertz CT molecular complexity index is 671. The number of rotatable bonds is 5. The molecule has 1 aliphatic heterocycles. The summed E-state index contributed by atoms with van der Waals surface area (Å²) in [6, 6.07) is 2.48. The second-order valence-electron chi connectivity index (χ2n) is 6.18. The second-order valence-corrected chi connectivity index (χ2v) is 8.09. The number of piperazine rings is 1. The molecule has 5 nitrogen and oxygen atoms in total. The predicted octanol–water partition coefficient (Wildman–Crippen LogP) is 1.04. The molecule has 1 saturated carbocycles. The lowest BCUT2D eigenvalue weighted by atomic mass is 10.2. The van der Waals surface area contributed by atoms with Gasteiger partial charge >= 0.3 is 0 Å². The molecule has 0 amide bonds. The lowest BCUT2D eigenvalue weighted by molar-refractivity contribution is 0.0781. The van der Waals surface area contributed by atoms with Gasteiger partial charge in [0.15, 0.2) is 0 Å². The van der Waals surface area contributed by atoms with Gasteiger partial charge in [-0.15, -0.1) is 0 Å². The molecule has 0 spiro atoms. The van der Waals surface area contributed by atoms with Crippen molar-refractivity contribution >= 4 is 10.0 Å². The molecule has 1 saturated heterocycles. The number of halogens is 2. The lowest BCUT2D eigenvalue weighted by Crippen LogP contribution is -2.50. The molecule has 1 N–H and O–H groups in total. The fourth-order valence-electron chi connectivity index (χ4n) is 2.87. The Balaban J connectivity index is 1.63. The van der Waals surface area contributed by atoms with Crippen molar-refractivity contribution in [3.05, 3.63) is 29.8 Å². The molecule has 2 aliphatic rings. The topological polar surface area (TPSA) is 60.9 Å². The first-order valence-electron chi connectivity index (χ1n) is 7.73. The quantitative estimate of drug-likeness (QED) is 0.866. The maximum absolute atomic E-state index is 13.8. The van der Waals surface area contributed by atoms with E-state index >= 15 is 0 Å². The Morgan fingerprint density at radius 2 is 1.83 bits per heavy atom. The second kappa shape index (κ2) is 6.43. The van der Waals surface area contributed by atoms with E-state index in [1.807, 2.05) is 4.90 Å². The van der Waals surface area contributed by atoms with Crippen molar-refractivity contribution in [1.29, 1.82) is 0 Å². The number of aliphatic hydroxyl groups is 1. The molecule has 1 aromatic carbocycles. The Hall–Kier alpha value is -1.09. The maximum atomic E-state index is 13.8. The Morgan fingerprint density at radius 3 is 2.39 bits per heavy atom. The summed E-state index contributed by atoms with van der Waals surface area (Å²) in [5, 5.41) is 9.95. The summed E-state index contributed by atoms with van der Waals surface area (Å²) in [6.07, 6.45) is 1.76. The first-order chi connectivity index (χ1) is 10.9. The van der Waals surface area contributed by atoms with Crippen molar-refractivity contribution in [2.45, 2.75) is 23.8 Å². The monoisotopic (exact) mass is 346 g/mol. The van der Waals surface area contributed by atoms with Crippen LogP contribution in [0.3, 0.4) is 0 Å². The standard InChI is InChI=1S/C15H20F2N2O3S/c16-12-3-4-15(13(17)9-12)23(21,22)19-7-5-18(6-8-19)10-14(20)11-1-2-11/h3-4,9,11,14,20H,1-2,5-8,10H2/t14-/m1/s1. The molecule has 0 bridgehead atoms. The van der Waals surface area contributed by atoms with Crippen molar-refractivity contribution in [2.24, 2.45) is 5.92 Å². The molecule has 0 unspecified atom stereocenters. The number of hydrogen-bond acceptors (Lipinski definition) is 4. The highest BCUT2D eigenvalue weighted by Gasteiger charge is 2.34. The molecular formula is C15H20F2N2O3S.